The first-order chi connectivity index (χ1) is 9.10. The summed E-state index contributed by atoms with van der Waals surface area (Å²) in [6, 6.07) is 5.12. The van der Waals surface area contributed by atoms with Crippen molar-refractivity contribution in [3.63, 3.8) is 0 Å². The minimum atomic E-state index is -0.579. The average molecular weight is 324 g/mol. The number of benzene rings is 1. The third-order valence-electron chi connectivity index (χ3n) is 2.18. The van der Waals surface area contributed by atoms with E-state index in [9.17, 15) is 4.79 Å². The van der Waals surface area contributed by atoms with Crippen LogP contribution >= 0.6 is 15.9 Å². The molecule has 2 aromatic rings. The van der Waals surface area contributed by atoms with Crippen LogP contribution in [0.4, 0.5) is 5.69 Å². The van der Waals surface area contributed by atoms with Crippen molar-refractivity contribution >= 4 is 27.6 Å². The number of nitrogens with two attached hydrogens (primary N) is 1. The monoisotopic (exact) mass is 323 g/mol. The number of nitrogen functional groups attached to an aromatic ring is 1. The van der Waals surface area contributed by atoms with Gasteiger partial charge in [0.05, 0.1) is 24.0 Å². The van der Waals surface area contributed by atoms with Gasteiger partial charge in [0.2, 0.25) is 5.88 Å². The number of esters is 1. The molecule has 0 aliphatic heterocycles. The van der Waals surface area contributed by atoms with Gasteiger partial charge in [-0.25, -0.2) is 9.78 Å². The zero-order valence-corrected chi connectivity index (χ0v) is 11.5. The fourth-order valence-electron chi connectivity index (χ4n) is 1.31. The van der Waals surface area contributed by atoms with Crippen LogP contribution in [0.1, 0.15) is 10.5 Å². The Kier molecular flexibility index (Phi) is 3.96. The number of hydrogen-bond donors (Lipinski definition) is 1. The van der Waals surface area contributed by atoms with E-state index >= 15 is 0 Å². The molecule has 0 unspecified atom stereocenters. The maximum absolute atomic E-state index is 11.3. The second kappa shape index (κ2) is 5.66. The molecular weight excluding hydrogens is 314 g/mol. The summed E-state index contributed by atoms with van der Waals surface area (Å²) in [7, 11) is 1.27. The zero-order valence-electron chi connectivity index (χ0n) is 9.96. The summed E-state index contributed by atoms with van der Waals surface area (Å²) in [5.74, 6) is 0.0788. The number of nitrogens with zero attached hydrogens (tertiary/aromatic N) is 2. The summed E-state index contributed by atoms with van der Waals surface area (Å²) >= 11 is 3.33. The molecule has 98 valence electrons. The normalized spacial score (nSPS) is 10.0. The maximum atomic E-state index is 11.3. The molecule has 2 rings (SSSR count). The predicted octanol–water partition coefficient (Wildman–Crippen LogP) is 2.40. The van der Waals surface area contributed by atoms with Gasteiger partial charge in [0.25, 0.3) is 0 Å². The highest BCUT2D eigenvalue weighted by Gasteiger charge is 2.10. The summed E-state index contributed by atoms with van der Waals surface area (Å²) in [5.41, 5.74) is 6.29. The lowest BCUT2D eigenvalue weighted by Gasteiger charge is -2.07. The Hall–Kier alpha value is -2.15. The molecule has 2 N–H and O–H groups in total. The van der Waals surface area contributed by atoms with E-state index in [-0.39, 0.29) is 11.6 Å². The van der Waals surface area contributed by atoms with Crippen LogP contribution in [0.25, 0.3) is 0 Å². The summed E-state index contributed by atoms with van der Waals surface area (Å²) < 4.78 is 10.8. The van der Waals surface area contributed by atoms with Crippen LogP contribution in [0.5, 0.6) is 11.6 Å². The van der Waals surface area contributed by atoms with Crippen molar-refractivity contribution in [2.75, 3.05) is 12.8 Å². The molecule has 6 nitrogen and oxygen atoms in total. The number of aromatic nitrogens is 2. The SMILES string of the molecule is COC(=O)c1cncc(Oc2cc(N)ccc2Br)n1. The number of halogens is 1. The van der Waals surface area contributed by atoms with Gasteiger partial charge in [-0.1, -0.05) is 0 Å². The lowest BCUT2D eigenvalue weighted by molar-refractivity contribution is 0.0592. The summed E-state index contributed by atoms with van der Waals surface area (Å²) in [5, 5.41) is 0. The van der Waals surface area contributed by atoms with Crippen LogP contribution in [0.15, 0.2) is 35.1 Å². The number of methoxy groups -OCH3 is 1. The van der Waals surface area contributed by atoms with Gasteiger partial charge in [-0.15, -0.1) is 0 Å². The van der Waals surface area contributed by atoms with Crippen molar-refractivity contribution in [1.29, 1.82) is 0 Å². The number of carbonyl (C=O) groups is 1. The fraction of sp³-hybridized carbons (Fsp3) is 0.0833. The molecule has 0 spiro atoms. The molecule has 0 aliphatic rings. The lowest BCUT2D eigenvalue weighted by Crippen LogP contribution is -2.05. The van der Waals surface area contributed by atoms with Crippen molar-refractivity contribution in [3.05, 3.63) is 40.8 Å². The average Bonchev–Trinajstić information content (AvgIpc) is 2.42. The van der Waals surface area contributed by atoms with E-state index < -0.39 is 5.97 Å². The van der Waals surface area contributed by atoms with Gasteiger partial charge < -0.3 is 15.2 Å². The molecule has 0 atom stereocenters. The van der Waals surface area contributed by atoms with E-state index in [1.54, 1.807) is 18.2 Å². The Morgan fingerprint density at radius 3 is 2.89 bits per heavy atom. The van der Waals surface area contributed by atoms with Gasteiger partial charge in [0.1, 0.15) is 5.75 Å². The van der Waals surface area contributed by atoms with Crippen molar-refractivity contribution < 1.29 is 14.3 Å². The predicted molar refractivity (Wildman–Crippen MR) is 72.0 cm³/mol. The fourth-order valence-corrected chi connectivity index (χ4v) is 1.64. The second-order valence-electron chi connectivity index (χ2n) is 3.53. The first-order valence-corrected chi connectivity index (χ1v) is 6.02. The third kappa shape index (κ3) is 3.19. The van der Waals surface area contributed by atoms with E-state index in [2.05, 4.69) is 30.6 Å². The Morgan fingerprint density at radius 1 is 1.37 bits per heavy atom. The minimum absolute atomic E-state index is 0.0695. The van der Waals surface area contributed by atoms with Crippen molar-refractivity contribution in [1.82, 2.24) is 9.97 Å². The first kappa shape index (κ1) is 13.3. The molecular formula is C12H10BrN3O3. The minimum Gasteiger partial charge on any atom is -0.464 e. The Balaban J connectivity index is 2.28. The molecule has 0 amide bonds. The second-order valence-corrected chi connectivity index (χ2v) is 4.38. The standard InChI is InChI=1S/C12H10BrN3O3/c1-18-12(17)9-5-15-6-11(16-9)19-10-4-7(14)2-3-8(10)13/h2-6H,14H2,1H3. The number of rotatable bonds is 3. The highest BCUT2D eigenvalue weighted by atomic mass is 79.9. The van der Waals surface area contributed by atoms with Crippen LogP contribution in [-0.4, -0.2) is 23.0 Å². The first-order valence-electron chi connectivity index (χ1n) is 5.23. The van der Waals surface area contributed by atoms with Crippen molar-refractivity contribution in [2.24, 2.45) is 0 Å². The molecule has 1 aromatic carbocycles. The third-order valence-corrected chi connectivity index (χ3v) is 2.83. The van der Waals surface area contributed by atoms with Crippen LogP contribution in [0, 0.1) is 0 Å². The van der Waals surface area contributed by atoms with Crippen LogP contribution < -0.4 is 10.5 Å². The van der Waals surface area contributed by atoms with Gasteiger partial charge in [0.15, 0.2) is 5.69 Å². The molecule has 0 bridgehead atoms. The van der Waals surface area contributed by atoms with E-state index in [0.29, 0.717) is 15.9 Å². The van der Waals surface area contributed by atoms with Gasteiger partial charge in [0, 0.05) is 11.8 Å². The van der Waals surface area contributed by atoms with Gasteiger partial charge >= 0.3 is 5.97 Å². The summed E-state index contributed by atoms with van der Waals surface area (Å²) in [4.78, 5) is 19.2. The van der Waals surface area contributed by atoms with E-state index in [0.717, 1.165) is 0 Å². The van der Waals surface area contributed by atoms with Crippen LogP contribution in [0.3, 0.4) is 0 Å². The Bertz CT molecular complexity index is 619. The molecule has 0 saturated heterocycles. The van der Waals surface area contributed by atoms with Gasteiger partial charge in [-0.05, 0) is 28.1 Å². The molecule has 0 aliphatic carbocycles. The molecule has 0 radical (unpaired) electrons. The quantitative estimate of drug-likeness (QED) is 0.689. The number of anilines is 1. The summed E-state index contributed by atoms with van der Waals surface area (Å²) in [6.07, 6.45) is 2.69. The molecule has 0 fully saturated rings. The molecule has 19 heavy (non-hydrogen) atoms. The van der Waals surface area contributed by atoms with E-state index in [1.165, 1.54) is 19.5 Å². The zero-order chi connectivity index (χ0) is 13.8. The van der Waals surface area contributed by atoms with Crippen molar-refractivity contribution in [3.8, 4) is 11.6 Å². The Labute approximate surface area is 117 Å². The Morgan fingerprint density at radius 2 is 2.16 bits per heavy atom. The van der Waals surface area contributed by atoms with Crippen LogP contribution in [-0.2, 0) is 4.74 Å². The summed E-state index contributed by atoms with van der Waals surface area (Å²) in [6.45, 7) is 0. The van der Waals surface area contributed by atoms with Crippen LogP contribution in [0.2, 0.25) is 0 Å². The molecule has 7 heteroatoms. The van der Waals surface area contributed by atoms with Crippen molar-refractivity contribution in [2.45, 2.75) is 0 Å². The smallest absolute Gasteiger partial charge is 0.358 e. The van der Waals surface area contributed by atoms with Gasteiger partial charge in [-0.2, -0.15) is 0 Å². The lowest BCUT2D eigenvalue weighted by atomic mass is 10.3. The molecule has 0 saturated carbocycles. The molecule has 1 heterocycles. The topological polar surface area (TPSA) is 87.3 Å². The number of ether oxygens (including phenoxy) is 2. The largest absolute Gasteiger partial charge is 0.464 e. The van der Waals surface area contributed by atoms with E-state index in [4.69, 9.17) is 10.5 Å². The maximum Gasteiger partial charge on any atom is 0.358 e. The number of carbonyl (C=O) groups excluding carboxylic acids is 1. The highest BCUT2D eigenvalue weighted by Crippen LogP contribution is 2.30. The van der Waals surface area contributed by atoms with Gasteiger partial charge in [-0.3, -0.25) is 4.98 Å². The highest BCUT2D eigenvalue weighted by molar-refractivity contribution is 9.10. The molecule has 1 aromatic heterocycles. The van der Waals surface area contributed by atoms with E-state index in [1.807, 2.05) is 0 Å². The number of hydrogen-bond acceptors (Lipinski definition) is 6.